The number of nitrogens with one attached hydrogen (secondary N) is 1. The Morgan fingerprint density at radius 1 is 1.27 bits per heavy atom. The van der Waals surface area contributed by atoms with Crippen molar-refractivity contribution in [2.75, 3.05) is 0 Å². The SMILES string of the molecule is O=C(O)/C=C/C(=O)O.O=c1cccn[nH]1. The van der Waals surface area contributed by atoms with E-state index in [0.717, 1.165) is 0 Å². The Kier molecular flexibility index (Phi) is 5.87. The highest BCUT2D eigenvalue weighted by molar-refractivity contribution is 5.89. The van der Waals surface area contributed by atoms with Crippen LogP contribution in [0.4, 0.5) is 0 Å². The summed E-state index contributed by atoms with van der Waals surface area (Å²) in [5.74, 6) is -2.51. The van der Waals surface area contributed by atoms with Gasteiger partial charge in [-0.2, -0.15) is 5.10 Å². The van der Waals surface area contributed by atoms with Crippen LogP contribution in [0.25, 0.3) is 0 Å². The number of aromatic nitrogens is 2. The number of hydrogen-bond donors (Lipinski definition) is 3. The molecule has 7 heteroatoms. The summed E-state index contributed by atoms with van der Waals surface area (Å²) >= 11 is 0. The molecule has 0 aliphatic carbocycles. The third kappa shape index (κ3) is 9.47. The van der Waals surface area contributed by atoms with Crippen LogP contribution in [-0.4, -0.2) is 32.3 Å². The first-order chi connectivity index (χ1) is 7.02. The lowest BCUT2D eigenvalue weighted by molar-refractivity contribution is -0.134. The van der Waals surface area contributed by atoms with Crippen LogP contribution >= 0.6 is 0 Å². The maximum Gasteiger partial charge on any atom is 0.328 e. The standard InChI is InChI=1S/C4H4N2O.C4H4O4/c7-4-2-1-3-5-6-4;5-3(6)1-2-4(7)8/h1-3H,(H,6,7);1-2H,(H,5,6)(H,7,8)/b;2-1+. The monoisotopic (exact) mass is 212 g/mol. The molecule has 0 amide bonds. The topological polar surface area (TPSA) is 120 Å². The van der Waals surface area contributed by atoms with Gasteiger partial charge in [0.1, 0.15) is 0 Å². The maximum atomic E-state index is 10.2. The van der Waals surface area contributed by atoms with Crippen LogP contribution in [0.15, 0.2) is 35.3 Å². The second-order valence-electron chi connectivity index (χ2n) is 2.12. The molecule has 0 saturated carbocycles. The summed E-state index contributed by atoms with van der Waals surface area (Å²) in [6.07, 6.45) is 2.63. The molecule has 1 aromatic rings. The van der Waals surface area contributed by atoms with Gasteiger partial charge < -0.3 is 10.2 Å². The Balaban J connectivity index is 0.000000262. The molecule has 0 fully saturated rings. The zero-order valence-electron chi connectivity index (χ0n) is 7.45. The molecule has 1 aromatic heterocycles. The van der Waals surface area contributed by atoms with E-state index in [1.807, 2.05) is 0 Å². The van der Waals surface area contributed by atoms with E-state index in [1.165, 1.54) is 12.3 Å². The number of carboxylic acid groups (broad SMARTS) is 2. The first-order valence-electron chi connectivity index (χ1n) is 3.66. The second kappa shape index (κ2) is 7.01. The molecule has 7 nitrogen and oxygen atoms in total. The summed E-state index contributed by atoms with van der Waals surface area (Å²) in [7, 11) is 0. The predicted octanol–water partition coefficient (Wildman–Crippen LogP) is -0.518. The molecule has 1 rings (SSSR count). The molecule has 1 heterocycles. The van der Waals surface area contributed by atoms with Crippen molar-refractivity contribution in [2.45, 2.75) is 0 Å². The maximum absolute atomic E-state index is 10.2. The number of carbonyl (C=O) groups is 2. The molecular weight excluding hydrogens is 204 g/mol. The van der Waals surface area contributed by atoms with Gasteiger partial charge in [0.25, 0.3) is 5.56 Å². The molecule has 0 aliphatic rings. The zero-order valence-corrected chi connectivity index (χ0v) is 7.45. The van der Waals surface area contributed by atoms with Gasteiger partial charge in [-0.25, -0.2) is 14.7 Å². The van der Waals surface area contributed by atoms with Gasteiger partial charge in [0.15, 0.2) is 0 Å². The molecule has 0 unspecified atom stereocenters. The average Bonchev–Trinajstić information content (AvgIpc) is 2.17. The number of H-pyrrole nitrogens is 1. The van der Waals surface area contributed by atoms with Gasteiger partial charge >= 0.3 is 11.9 Å². The molecule has 0 saturated heterocycles. The molecular formula is C8H8N2O5. The number of aliphatic carboxylic acids is 2. The van der Waals surface area contributed by atoms with Gasteiger partial charge in [0.2, 0.25) is 0 Å². The number of hydrogen-bond acceptors (Lipinski definition) is 4. The van der Waals surface area contributed by atoms with Crippen molar-refractivity contribution in [3.63, 3.8) is 0 Å². The van der Waals surface area contributed by atoms with Crippen molar-refractivity contribution >= 4 is 11.9 Å². The average molecular weight is 212 g/mol. The molecule has 0 aliphatic heterocycles. The lowest BCUT2D eigenvalue weighted by atomic mass is 10.5. The third-order valence-corrected chi connectivity index (χ3v) is 0.951. The molecule has 3 N–H and O–H groups in total. The Morgan fingerprint density at radius 3 is 2.00 bits per heavy atom. The highest BCUT2D eigenvalue weighted by Gasteiger charge is 1.88. The van der Waals surface area contributed by atoms with Crippen LogP contribution in [0.5, 0.6) is 0 Å². The van der Waals surface area contributed by atoms with E-state index in [0.29, 0.717) is 12.2 Å². The summed E-state index contributed by atoms with van der Waals surface area (Å²) in [6.45, 7) is 0. The first-order valence-corrected chi connectivity index (χ1v) is 3.66. The van der Waals surface area contributed by atoms with Crippen LogP contribution in [0, 0.1) is 0 Å². The van der Waals surface area contributed by atoms with Gasteiger partial charge in [-0.05, 0) is 6.07 Å². The molecule has 0 radical (unpaired) electrons. The minimum atomic E-state index is -1.26. The van der Waals surface area contributed by atoms with Crippen molar-refractivity contribution in [1.82, 2.24) is 10.2 Å². The lowest BCUT2D eigenvalue weighted by Crippen LogP contribution is -2.02. The lowest BCUT2D eigenvalue weighted by Gasteiger charge is -1.74. The van der Waals surface area contributed by atoms with Crippen molar-refractivity contribution in [3.05, 3.63) is 40.8 Å². The molecule has 80 valence electrons. The molecule has 0 aromatic carbocycles. The number of rotatable bonds is 2. The Labute approximate surface area is 83.7 Å². The molecule has 0 bridgehead atoms. The van der Waals surface area contributed by atoms with Gasteiger partial charge in [0, 0.05) is 24.4 Å². The largest absolute Gasteiger partial charge is 0.478 e. The van der Waals surface area contributed by atoms with Gasteiger partial charge in [0.05, 0.1) is 0 Å². The first kappa shape index (κ1) is 12.6. The minimum absolute atomic E-state index is 0.164. The predicted molar refractivity (Wildman–Crippen MR) is 49.3 cm³/mol. The molecule has 0 atom stereocenters. The fraction of sp³-hybridized carbons (Fsp3) is 0. The van der Waals surface area contributed by atoms with E-state index >= 15 is 0 Å². The van der Waals surface area contributed by atoms with Crippen molar-refractivity contribution < 1.29 is 19.8 Å². The minimum Gasteiger partial charge on any atom is -0.478 e. The summed E-state index contributed by atoms with van der Waals surface area (Å²) in [5.41, 5.74) is -0.164. The van der Waals surface area contributed by atoms with E-state index in [9.17, 15) is 14.4 Å². The second-order valence-corrected chi connectivity index (χ2v) is 2.12. The van der Waals surface area contributed by atoms with Crippen molar-refractivity contribution in [1.29, 1.82) is 0 Å². The van der Waals surface area contributed by atoms with Gasteiger partial charge in [-0.3, -0.25) is 4.79 Å². The highest BCUT2D eigenvalue weighted by atomic mass is 16.4. The molecule has 15 heavy (non-hydrogen) atoms. The van der Waals surface area contributed by atoms with E-state index in [4.69, 9.17) is 10.2 Å². The summed E-state index contributed by atoms with van der Waals surface area (Å²) in [6, 6.07) is 2.99. The Morgan fingerprint density at radius 2 is 1.80 bits per heavy atom. The number of aromatic amines is 1. The normalized spacial score (nSPS) is 9.07. The van der Waals surface area contributed by atoms with Crippen LogP contribution in [0.1, 0.15) is 0 Å². The third-order valence-electron chi connectivity index (χ3n) is 0.951. The van der Waals surface area contributed by atoms with Crippen LogP contribution in [0.2, 0.25) is 0 Å². The Hall–Kier alpha value is -2.44. The highest BCUT2D eigenvalue weighted by Crippen LogP contribution is 1.70. The van der Waals surface area contributed by atoms with Crippen molar-refractivity contribution in [3.8, 4) is 0 Å². The zero-order chi connectivity index (χ0) is 11.7. The number of nitrogens with zero attached hydrogens (tertiary/aromatic N) is 1. The fourth-order valence-corrected chi connectivity index (χ4v) is 0.454. The van der Waals surface area contributed by atoms with Crippen LogP contribution in [-0.2, 0) is 9.59 Å². The summed E-state index contributed by atoms with van der Waals surface area (Å²) in [5, 5.41) is 21.3. The van der Waals surface area contributed by atoms with E-state index in [-0.39, 0.29) is 5.56 Å². The Bertz CT molecular complexity index is 376. The van der Waals surface area contributed by atoms with E-state index in [2.05, 4.69) is 10.2 Å². The van der Waals surface area contributed by atoms with E-state index < -0.39 is 11.9 Å². The quantitative estimate of drug-likeness (QED) is 0.567. The van der Waals surface area contributed by atoms with Gasteiger partial charge in [-0.15, -0.1) is 0 Å². The summed E-state index contributed by atoms with van der Waals surface area (Å²) < 4.78 is 0. The van der Waals surface area contributed by atoms with E-state index in [1.54, 1.807) is 6.07 Å². The smallest absolute Gasteiger partial charge is 0.328 e. The van der Waals surface area contributed by atoms with Crippen molar-refractivity contribution in [2.24, 2.45) is 0 Å². The van der Waals surface area contributed by atoms with Gasteiger partial charge in [-0.1, -0.05) is 0 Å². The molecule has 0 spiro atoms. The van der Waals surface area contributed by atoms with Crippen LogP contribution < -0.4 is 5.56 Å². The number of carboxylic acids is 2. The fourth-order valence-electron chi connectivity index (χ4n) is 0.454. The van der Waals surface area contributed by atoms with Crippen LogP contribution in [0.3, 0.4) is 0 Å². The summed E-state index contributed by atoms with van der Waals surface area (Å²) in [4.78, 5) is 29.3.